The van der Waals surface area contributed by atoms with Crippen molar-refractivity contribution in [1.82, 2.24) is 9.88 Å². The third kappa shape index (κ3) is 2.72. The molecule has 1 aromatic heterocycles. The summed E-state index contributed by atoms with van der Waals surface area (Å²) < 4.78 is 1.65. The maximum atomic E-state index is 13.9. The highest BCUT2D eigenvalue weighted by atomic mass is 79.9. The van der Waals surface area contributed by atoms with Crippen LogP contribution in [0.4, 0.5) is 5.69 Å². The molecule has 5 rings (SSSR count). The first-order chi connectivity index (χ1) is 14.4. The van der Waals surface area contributed by atoms with Gasteiger partial charge in [-0.15, -0.1) is 0 Å². The van der Waals surface area contributed by atoms with E-state index in [1.165, 1.54) is 0 Å². The molecule has 0 radical (unpaired) electrons. The number of likely N-dealkylation sites (N-methyl/N-ethyl adjacent to an activating group) is 1. The Kier molecular flexibility index (Phi) is 4.80. The van der Waals surface area contributed by atoms with Crippen molar-refractivity contribution < 1.29 is 9.59 Å². The number of carbonyl (C=O) groups is 2. The molecule has 2 aromatic rings. The van der Waals surface area contributed by atoms with Crippen LogP contribution < -0.4 is 5.32 Å². The van der Waals surface area contributed by atoms with E-state index in [1.807, 2.05) is 60.5 Å². The van der Waals surface area contributed by atoms with E-state index in [1.54, 1.807) is 12.4 Å². The zero-order chi connectivity index (χ0) is 21.0. The molecule has 0 saturated carbocycles. The second-order valence-electron chi connectivity index (χ2n) is 7.97. The van der Waals surface area contributed by atoms with Crippen LogP contribution in [-0.2, 0) is 15.1 Å². The van der Waals surface area contributed by atoms with Crippen LogP contribution in [0.1, 0.15) is 17.0 Å². The molecule has 1 fully saturated rings. The third-order valence-corrected chi connectivity index (χ3v) is 7.58. The molecule has 3 atom stereocenters. The molecule has 1 spiro atoms. The molecule has 3 aliphatic rings. The number of halogens is 2. The average molecular weight is 529 g/mol. The largest absolute Gasteiger partial charge is 0.323 e. The number of anilines is 1. The average Bonchev–Trinajstić information content (AvgIpc) is 3.43. The number of amides is 1. The fourth-order valence-corrected chi connectivity index (χ4v) is 6.56. The minimum absolute atomic E-state index is 0.0604. The van der Waals surface area contributed by atoms with Gasteiger partial charge in [0.15, 0.2) is 0 Å². The summed E-state index contributed by atoms with van der Waals surface area (Å²) in [5.74, 6) is -1.08. The summed E-state index contributed by atoms with van der Waals surface area (Å²) in [4.78, 5) is 33.7. The topological polar surface area (TPSA) is 62.3 Å². The van der Waals surface area contributed by atoms with E-state index in [-0.39, 0.29) is 23.5 Å². The molecule has 5 nitrogen and oxygen atoms in total. The lowest BCUT2D eigenvalue weighted by Gasteiger charge is -2.36. The van der Waals surface area contributed by atoms with Gasteiger partial charge in [0.05, 0.1) is 17.5 Å². The van der Waals surface area contributed by atoms with Crippen molar-refractivity contribution in [1.29, 1.82) is 0 Å². The number of hydrogen-bond donors (Lipinski definition) is 1. The van der Waals surface area contributed by atoms with Gasteiger partial charge in [-0.2, -0.15) is 0 Å². The van der Waals surface area contributed by atoms with Crippen LogP contribution in [0, 0.1) is 11.8 Å². The Hall–Kier alpha value is -2.09. The third-order valence-electron chi connectivity index (χ3n) is 6.49. The van der Waals surface area contributed by atoms with Crippen molar-refractivity contribution in [2.24, 2.45) is 11.8 Å². The van der Waals surface area contributed by atoms with Gasteiger partial charge in [-0.3, -0.25) is 19.5 Å². The molecule has 3 heterocycles. The summed E-state index contributed by atoms with van der Waals surface area (Å²) in [6.07, 6.45) is 11.1. The number of allylic oxidation sites excluding steroid dienone is 4. The molecule has 0 bridgehead atoms. The molecule has 0 unspecified atom stereocenters. The number of fused-ring (bicyclic) bond motifs is 2. The Morgan fingerprint density at radius 1 is 1.20 bits per heavy atom. The van der Waals surface area contributed by atoms with Crippen molar-refractivity contribution >= 4 is 49.2 Å². The smallest absolute Gasteiger partial charge is 0.250 e. The summed E-state index contributed by atoms with van der Waals surface area (Å²) in [5, 5.41) is 3.05. The number of nitrogens with one attached hydrogen (secondary N) is 1. The molecular weight excluding hydrogens is 510 g/mol. The number of benzene rings is 1. The van der Waals surface area contributed by atoms with Gasteiger partial charge >= 0.3 is 0 Å². The predicted octanol–water partition coefficient (Wildman–Crippen LogP) is 4.41. The molecular formula is C23H19Br2N3O2. The number of carbonyl (C=O) groups excluding carboxylic acids is 2. The van der Waals surface area contributed by atoms with E-state index in [0.717, 1.165) is 25.8 Å². The van der Waals surface area contributed by atoms with Gasteiger partial charge in [-0.05, 0) is 52.8 Å². The van der Waals surface area contributed by atoms with E-state index in [9.17, 15) is 9.59 Å². The van der Waals surface area contributed by atoms with Crippen LogP contribution in [0.15, 0.2) is 69.9 Å². The Morgan fingerprint density at radius 2 is 1.90 bits per heavy atom. The first-order valence-corrected chi connectivity index (χ1v) is 11.3. The Bertz CT molecular complexity index is 1100. The molecule has 1 saturated heterocycles. The number of Topliss-reactive ketones (excluding diaryl/α,β-unsaturated/α-hetero) is 1. The second kappa shape index (κ2) is 7.25. The first kappa shape index (κ1) is 19.8. The molecule has 152 valence electrons. The maximum absolute atomic E-state index is 13.9. The van der Waals surface area contributed by atoms with Crippen LogP contribution in [0.25, 0.3) is 0 Å². The highest BCUT2D eigenvalue weighted by Gasteiger charge is 2.64. The van der Waals surface area contributed by atoms with Crippen molar-refractivity contribution in [2.75, 3.05) is 18.9 Å². The van der Waals surface area contributed by atoms with Gasteiger partial charge in [0.2, 0.25) is 5.91 Å². The highest BCUT2D eigenvalue weighted by Crippen LogP contribution is 2.57. The van der Waals surface area contributed by atoms with E-state index >= 15 is 0 Å². The highest BCUT2D eigenvalue weighted by molar-refractivity contribution is 9.11. The van der Waals surface area contributed by atoms with E-state index in [0.29, 0.717) is 6.54 Å². The van der Waals surface area contributed by atoms with E-state index < -0.39 is 11.5 Å². The van der Waals surface area contributed by atoms with Gasteiger partial charge in [-0.25, -0.2) is 0 Å². The Balaban J connectivity index is 1.75. The number of nitrogens with zero attached hydrogens (tertiary/aromatic N) is 2. The zero-order valence-corrected chi connectivity index (χ0v) is 19.4. The van der Waals surface area contributed by atoms with Crippen LogP contribution in [0.3, 0.4) is 0 Å². The summed E-state index contributed by atoms with van der Waals surface area (Å²) in [6.45, 7) is 0.595. The normalized spacial score (nSPS) is 27.8. The summed E-state index contributed by atoms with van der Waals surface area (Å²) in [5.41, 5.74) is 1.52. The van der Waals surface area contributed by atoms with Crippen LogP contribution in [0.5, 0.6) is 0 Å². The monoisotopic (exact) mass is 527 g/mol. The maximum Gasteiger partial charge on any atom is 0.250 e. The molecule has 7 heteroatoms. The van der Waals surface area contributed by atoms with Gasteiger partial charge in [-0.1, -0.05) is 40.2 Å². The number of ketones is 1. The molecule has 2 aliphatic heterocycles. The first-order valence-electron chi connectivity index (χ1n) is 9.75. The quantitative estimate of drug-likeness (QED) is 0.641. The summed E-state index contributed by atoms with van der Waals surface area (Å²) in [7, 11) is 1.94. The number of rotatable bonds is 3. The minimum Gasteiger partial charge on any atom is -0.323 e. The molecule has 1 aromatic carbocycles. The van der Waals surface area contributed by atoms with Crippen molar-refractivity contribution in [2.45, 2.75) is 11.5 Å². The van der Waals surface area contributed by atoms with E-state index in [4.69, 9.17) is 0 Å². The summed E-state index contributed by atoms with van der Waals surface area (Å²) in [6, 6.07) is 7.77. The number of pyridine rings is 1. The fraction of sp³-hybridized carbons (Fsp3) is 0.261. The van der Waals surface area contributed by atoms with Crippen LogP contribution in [0.2, 0.25) is 0 Å². The second-order valence-corrected chi connectivity index (χ2v) is 9.74. The standard InChI is InChI=1S/C23H19Br2N3O2/c1-28-12-16(13-6-8-26-9-7-13)19(21(29)14-4-2-3-5-14)23(28)17-10-15(24)11-18(25)20(17)27-22(23)30/h2-11,14,16,19H,12H2,1H3,(H,27,30)/t16-,19+,23-/m0/s1. The van der Waals surface area contributed by atoms with Crippen molar-refractivity contribution in [3.63, 3.8) is 0 Å². The Morgan fingerprint density at radius 3 is 2.60 bits per heavy atom. The van der Waals surface area contributed by atoms with Crippen LogP contribution >= 0.6 is 31.9 Å². The number of likely N-dealkylation sites (tertiary alicyclic amines) is 1. The molecule has 1 amide bonds. The predicted molar refractivity (Wildman–Crippen MR) is 122 cm³/mol. The van der Waals surface area contributed by atoms with Crippen molar-refractivity contribution in [3.8, 4) is 0 Å². The zero-order valence-electron chi connectivity index (χ0n) is 16.2. The fourth-order valence-electron chi connectivity index (χ4n) is 5.23. The number of aromatic nitrogens is 1. The van der Waals surface area contributed by atoms with Crippen LogP contribution in [-0.4, -0.2) is 35.2 Å². The summed E-state index contributed by atoms with van der Waals surface area (Å²) >= 11 is 7.15. The van der Waals surface area contributed by atoms with Gasteiger partial charge in [0.1, 0.15) is 11.3 Å². The lowest BCUT2D eigenvalue weighted by molar-refractivity contribution is -0.136. The minimum atomic E-state index is -1.07. The number of hydrogen-bond acceptors (Lipinski definition) is 4. The van der Waals surface area contributed by atoms with Gasteiger partial charge in [0, 0.05) is 39.4 Å². The lowest BCUT2D eigenvalue weighted by Crippen LogP contribution is -2.52. The Labute approximate surface area is 191 Å². The van der Waals surface area contributed by atoms with Gasteiger partial charge < -0.3 is 5.32 Å². The van der Waals surface area contributed by atoms with E-state index in [2.05, 4.69) is 42.2 Å². The molecule has 1 aliphatic carbocycles. The SMILES string of the molecule is CN1C[C@@H](c2ccncc2)[C@H](C(=O)C2C=CC=C2)[C@@]12C(=O)Nc1c(Br)cc(Br)cc12. The van der Waals surface area contributed by atoms with Crippen molar-refractivity contribution in [3.05, 3.63) is 81.0 Å². The molecule has 1 N–H and O–H groups in total. The lowest BCUT2D eigenvalue weighted by atomic mass is 9.69. The van der Waals surface area contributed by atoms with Gasteiger partial charge in [0.25, 0.3) is 0 Å². The molecule has 30 heavy (non-hydrogen) atoms.